The molecular weight excluding hydrogens is 308 g/mol. The first-order valence-corrected chi connectivity index (χ1v) is 9.44. The van der Waals surface area contributed by atoms with Crippen LogP contribution in [0.4, 0.5) is 0 Å². The van der Waals surface area contributed by atoms with Crippen LogP contribution in [-0.4, -0.2) is 34.5 Å². The highest BCUT2D eigenvalue weighted by atomic mass is 31.3. The molecule has 20 heavy (non-hydrogen) atoms. The Bertz CT molecular complexity index is 397. The van der Waals surface area contributed by atoms with Crippen LogP contribution >= 0.6 is 15.6 Å². The molecule has 10 heteroatoms. The normalized spacial score (nSPS) is 21.6. The summed E-state index contributed by atoms with van der Waals surface area (Å²) in [6, 6.07) is 0. The number of nitrogens with zero attached hydrogens (tertiary/aromatic N) is 1. The topological polar surface area (TPSA) is 106 Å². The molecule has 120 valence electrons. The van der Waals surface area contributed by atoms with E-state index in [0.717, 1.165) is 19.3 Å². The molecule has 0 saturated carbocycles. The number of hydrogen-bond donors (Lipinski definition) is 2. The zero-order valence-corrected chi connectivity index (χ0v) is 13.8. The second kappa shape index (κ2) is 6.99. The Kier molecular flexibility index (Phi) is 6.38. The third kappa shape index (κ3) is 7.86. The van der Waals surface area contributed by atoms with Crippen molar-refractivity contribution < 1.29 is 32.4 Å². The molecule has 1 saturated heterocycles. The Labute approximate surface area is 119 Å². The summed E-state index contributed by atoms with van der Waals surface area (Å²) in [5, 5.41) is 1.38. The fourth-order valence-electron chi connectivity index (χ4n) is 1.55. The van der Waals surface area contributed by atoms with Crippen LogP contribution in [-0.2, 0) is 22.6 Å². The number of hydrogen-bond acceptors (Lipinski definition) is 6. The van der Waals surface area contributed by atoms with Crippen molar-refractivity contribution in [1.82, 2.24) is 5.06 Å². The van der Waals surface area contributed by atoms with E-state index in [0.29, 0.717) is 13.1 Å². The number of phosphoric acid groups is 2. The van der Waals surface area contributed by atoms with E-state index in [2.05, 4.69) is 4.31 Å². The van der Waals surface area contributed by atoms with Crippen molar-refractivity contribution in [3.05, 3.63) is 0 Å². The molecule has 1 heterocycles. The highest BCUT2D eigenvalue weighted by molar-refractivity contribution is 7.61. The third-order valence-electron chi connectivity index (χ3n) is 2.39. The summed E-state index contributed by atoms with van der Waals surface area (Å²) < 4.78 is 37.7. The Balaban J connectivity index is 2.72. The molecule has 1 unspecified atom stereocenters. The van der Waals surface area contributed by atoms with Gasteiger partial charge in [0.2, 0.25) is 0 Å². The fourth-order valence-corrected chi connectivity index (χ4v) is 3.94. The molecule has 8 nitrogen and oxygen atoms in total. The van der Waals surface area contributed by atoms with Crippen LogP contribution in [0.1, 0.15) is 40.0 Å². The van der Waals surface area contributed by atoms with Gasteiger partial charge in [0.15, 0.2) is 0 Å². The maximum Gasteiger partial charge on any atom is 0.500 e. The molecule has 0 aliphatic carbocycles. The number of hydroxylamine groups is 2. The van der Waals surface area contributed by atoms with E-state index in [-0.39, 0.29) is 12.0 Å². The lowest BCUT2D eigenvalue weighted by atomic mass is 9.99. The minimum atomic E-state index is -4.98. The van der Waals surface area contributed by atoms with E-state index in [4.69, 9.17) is 18.9 Å². The van der Waals surface area contributed by atoms with Crippen LogP contribution in [0.5, 0.6) is 0 Å². The average molecular weight is 331 g/mol. The minimum Gasteiger partial charge on any atom is -0.302 e. The molecule has 0 aromatic heterocycles. The van der Waals surface area contributed by atoms with Gasteiger partial charge in [0.25, 0.3) is 0 Å². The summed E-state index contributed by atoms with van der Waals surface area (Å²) >= 11 is 0. The van der Waals surface area contributed by atoms with Crippen LogP contribution < -0.4 is 0 Å². The van der Waals surface area contributed by atoms with Crippen LogP contribution in [0.25, 0.3) is 0 Å². The molecule has 0 radical (unpaired) electrons. The van der Waals surface area contributed by atoms with Gasteiger partial charge >= 0.3 is 15.6 Å². The molecule has 1 atom stereocenters. The zero-order chi connectivity index (χ0) is 15.4. The minimum absolute atomic E-state index is 0.0158. The Hall–Kier alpha value is 0.220. The predicted octanol–water partition coefficient (Wildman–Crippen LogP) is 2.68. The van der Waals surface area contributed by atoms with Crippen molar-refractivity contribution in [2.75, 3.05) is 19.7 Å². The molecular formula is C10H23NO7P2. The smallest absolute Gasteiger partial charge is 0.302 e. The monoisotopic (exact) mass is 331 g/mol. The maximum absolute atomic E-state index is 12.3. The van der Waals surface area contributed by atoms with E-state index < -0.39 is 15.6 Å². The summed E-state index contributed by atoms with van der Waals surface area (Å²) in [5.74, 6) is 0. The van der Waals surface area contributed by atoms with Gasteiger partial charge in [0.1, 0.15) is 0 Å². The van der Waals surface area contributed by atoms with Gasteiger partial charge in [0.05, 0.1) is 6.61 Å². The van der Waals surface area contributed by atoms with Crippen molar-refractivity contribution >= 4 is 15.6 Å². The van der Waals surface area contributed by atoms with Gasteiger partial charge in [0, 0.05) is 13.1 Å². The van der Waals surface area contributed by atoms with E-state index in [1.807, 2.05) is 20.8 Å². The second-order valence-corrected chi connectivity index (χ2v) is 8.88. The van der Waals surface area contributed by atoms with Gasteiger partial charge in [-0.05, 0) is 18.3 Å². The predicted molar refractivity (Wildman–Crippen MR) is 72.7 cm³/mol. The maximum atomic E-state index is 12.3. The summed E-state index contributed by atoms with van der Waals surface area (Å²) in [5.41, 5.74) is -0.348. The first-order chi connectivity index (χ1) is 8.99. The van der Waals surface area contributed by atoms with Crippen molar-refractivity contribution in [2.24, 2.45) is 5.41 Å². The molecule has 2 N–H and O–H groups in total. The van der Waals surface area contributed by atoms with Crippen LogP contribution in [0, 0.1) is 5.41 Å². The Morgan fingerprint density at radius 2 is 1.65 bits per heavy atom. The molecule has 0 spiro atoms. The van der Waals surface area contributed by atoms with Crippen molar-refractivity contribution in [2.45, 2.75) is 40.0 Å². The lowest BCUT2D eigenvalue weighted by molar-refractivity contribution is -0.0993. The third-order valence-corrected chi connectivity index (χ3v) is 4.92. The summed E-state index contributed by atoms with van der Waals surface area (Å²) in [6.07, 6.45) is 2.75. The SMILES string of the molecule is CC(C)(C)COP(=O)(ON1CCCCC1)OP(=O)(O)O. The Morgan fingerprint density at radius 1 is 1.10 bits per heavy atom. The number of piperidine rings is 1. The van der Waals surface area contributed by atoms with Crippen LogP contribution in [0.3, 0.4) is 0 Å². The molecule has 1 aliphatic heterocycles. The molecule has 1 rings (SSSR count). The highest BCUT2D eigenvalue weighted by Gasteiger charge is 2.39. The molecule has 0 amide bonds. The number of rotatable bonds is 6. The van der Waals surface area contributed by atoms with Crippen molar-refractivity contribution in [3.63, 3.8) is 0 Å². The van der Waals surface area contributed by atoms with Crippen molar-refractivity contribution in [1.29, 1.82) is 0 Å². The highest BCUT2D eigenvalue weighted by Crippen LogP contribution is 2.62. The quantitative estimate of drug-likeness (QED) is 0.716. The first-order valence-electron chi connectivity index (χ1n) is 6.45. The van der Waals surface area contributed by atoms with Gasteiger partial charge in [-0.3, -0.25) is 4.52 Å². The van der Waals surface area contributed by atoms with Gasteiger partial charge < -0.3 is 9.79 Å². The lowest BCUT2D eigenvalue weighted by Crippen LogP contribution is -2.30. The van der Waals surface area contributed by atoms with E-state index in [1.54, 1.807) is 0 Å². The van der Waals surface area contributed by atoms with Gasteiger partial charge in [-0.1, -0.05) is 27.2 Å². The van der Waals surface area contributed by atoms with E-state index in [9.17, 15) is 9.13 Å². The Morgan fingerprint density at radius 3 is 2.10 bits per heavy atom. The molecule has 1 fully saturated rings. The fraction of sp³-hybridized carbons (Fsp3) is 1.00. The van der Waals surface area contributed by atoms with Gasteiger partial charge in [-0.15, -0.1) is 0 Å². The molecule has 0 bridgehead atoms. The lowest BCUT2D eigenvalue weighted by Gasteiger charge is -2.30. The summed E-state index contributed by atoms with van der Waals surface area (Å²) in [4.78, 5) is 17.7. The van der Waals surface area contributed by atoms with Gasteiger partial charge in [-0.25, -0.2) is 9.13 Å². The molecule has 0 aromatic rings. The summed E-state index contributed by atoms with van der Waals surface area (Å²) in [7, 11) is -9.32. The van der Waals surface area contributed by atoms with Gasteiger partial charge in [-0.2, -0.15) is 14.0 Å². The van der Waals surface area contributed by atoms with Crippen LogP contribution in [0.2, 0.25) is 0 Å². The average Bonchev–Trinajstić information content (AvgIpc) is 2.24. The van der Waals surface area contributed by atoms with Crippen LogP contribution in [0.15, 0.2) is 0 Å². The van der Waals surface area contributed by atoms with E-state index in [1.165, 1.54) is 5.06 Å². The summed E-state index contributed by atoms with van der Waals surface area (Å²) in [6.45, 7) is 6.51. The standard InChI is InChI=1S/C10H23NO7P2/c1-10(2,3)9-16-20(15,18-19(12,13)14)17-11-7-5-4-6-8-11/h4-9H2,1-3H3,(H2,12,13,14). The van der Waals surface area contributed by atoms with Crippen molar-refractivity contribution in [3.8, 4) is 0 Å². The largest absolute Gasteiger partial charge is 0.500 e. The first kappa shape index (κ1) is 18.3. The van der Waals surface area contributed by atoms with E-state index >= 15 is 0 Å². The molecule has 1 aliphatic rings. The second-order valence-electron chi connectivity index (χ2n) is 5.92. The zero-order valence-electron chi connectivity index (χ0n) is 12.0. The molecule has 0 aromatic carbocycles.